The molecule has 0 bridgehead atoms. The van der Waals surface area contributed by atoms with Crippen LogP contribution in [0.25, 0.3) is 16.9 Å². The lowest BCUT2D eigenvalue weighted by atomic mass is 10.0. The first-order valence-corrected chi connectivity index (χ1v) is 9.13. The standard InChI is InChI=1S/C22H20N2O7/c1-13(25)31-17-12-14(10-11-16(17)28-2)19-18(21(26)29-3)20(22(27)30-4)24(23-19)15-8-6-5-7-9-15/h5-12H,1-4H3. The molecule has 0 unspecified atom stereocenters. The molecule has 2 aromatic carbocycles. The molecule has 0 aliphatic heterocycles. The molecule has 0 radical (unpaired) electrons. The maximum atomic E-state index is 12.7. The molecule has 0 saturated carbocycles. The largest absolute Gasteiger partial charge is 0.493 e. The van der Waals surface area contributed by atoms with E-state index in [-0.39, 0.29) is 22.7 Å². The number of para-hydroxylation sites is 1. The lowest BCUT2D eigenvalue weighted by molar-refractivity contribution is -0.132. The molecule has 1 heterocycles. The van der Waals surface area contributed by atoms with Gasteiger partial charge in [0.1, 0.15) is 11.3 Å². The summed E-state index contributed by atoms with van der Waals surface area (Å²) in [7, 11) is 3.84. The van der Waals surface area contributed by atoms with Crippen molar-refractivity contribution in [2.45, 2.75) is 6.92 Å². The highest BCUT2D eigenvalue weighted by Crippen LogP contribution is 2.35. The molecular weight excluding hydrogens is 404 g/mol. The Hall–Kier alpha value is -4.14. The summed E-state index contributed by atoms with van der Waals surface area (Å²) in [5.41, 5.74) is 0.898. The number of aromatic nitrogens is 2. The average molecular weight is 424 g/mol. The molecule has 0 aliphatic rings. The molecule has 0 saturated heterocycles. The smallest absolute Gasteiger partial charge is 0.357 e. The van der Waals surface area contributed by atoms with Crippen molar-refractivity contribution >= 4 is 17.9 Å². The monoisotopic (exact) mass is 424 g/mol. The number of methoxy groups -OCH3 is 3. The lowest BCUT2D eigenvalue weighted by Crippen LogP contribution is -2.15. The fourth-order valence-electron chi connectivity index (χ4n) is 3.02. The van der Waals surface area contributed by atoms with Gasteiger partial charge in [0.2, 0.25) is 0 Å². The first-order chi connectivity index (χ1) is 14.9. The number of rotatable bonds is 6. The van der Waals surface area contributed by atoms with Crippen LogP contribution in [0.1, 0.15) is 27.8 Å². The summed E-state index contributed by atoms with van der Waals surface area (Å²) in [5, 5.41) is 4.50. The van der Waals surface area contributed by atoms with Crippen LogP contribution in [0.15, 0.2) is 48.5 Å². The van der Waals surface area contributed by atoms with Crippen LogP contribution in [0.3, 0.4) is 0 Å². The summed E-state index contributed by atoms with van der Waals surface area (Å²) in [6, 6.07) is 13.5. The second-order valence-corrected chi connectivity index (χ2v) is 6.26. The minimum absolute atomic E-state index is 0.0860. The molecule has 3 rings (SSSR count). The van der Waals surface area contributed by atoms with E-state index in [2.05, 4.69) is 5.10 Å². The van der Waals surface area contributed by atoms with Crippen LogP contribution in [0.2, 0.25) is 0 Å². The third-order valence-electron chi connectivity index (χ3n) is 4.35. The molecule has 160 valence electrons. The van der Waals surface area contributed by atoms with Gasteiger partial charge in [0.05, 0.1) is 27.0 Å². The Kier molecular flexibility index (Phi) is 6.35. The first-order valence-electron chi connectivity index (χ1n) is 9.13. The SMILES string of the molecule is COC(=O)c1c(-c2ccc(OC)c(OC(C)=O)c2)nn(-c2ccccc2)c1C(=O)OC. The molecule has 0 amide bonds. The molecule has 9 nitrogen and oxygen atoms in total. The van der Waals surface area contributed by atoms with Crippen molar-refractivity contribution in [3.8, 4) is 28.4 Å². The van der Waals surface area contributed by atoms with Crippen LogP contribution < -0.4 is 9.47 Å². The second kappa shape index (κ2) is 9.12. The van der Waals surface area contributed by atoms with E-state index in [0.717, 1.165) is 0 Å². The van der Waals surface area contributed by atoms with E-state index in [1.807, 2.05) is 6.07 Å². The van der Waals surface area contributed by atoms with Gasteiger partial charge in [-0.3, -0.25) is 4.79 Å². The fraction of sp³-hybridized carbons (Fsp3) is 0.182. The highest BCUT2D eigenvalue weighted by molar-refractivity contribution is 6.07. The van der Waals surface area contributed by atoms with Crippen molar-refractivity contribution in [2.24, 2.45) is 0 Å². The van der Waals surface area contributed by atoms with Crippen LogP contribution in [0.4, 0.5) is 0 Å². The van der Waals surface area contributed by atoms with Crippen LogP contribution in [0.5, 0.6) is 11.5 Å². The van der Waals surface area contributed by atoms with E-state index in [1.54, 1.807) is 36.4 Å². The topological polar surface area (TPSA) is 106 Å². The maximum Gasteiger partial charge on any atom is 0.357 e. The Morgan fingerprint density at radius 2 is 1.55 bits per heavy atom. The summed E-state index contributed by atoms with van der Waals surface area (Å²) >= 11 is 0. The molecule has 31 heavy (non-hydrogen) atoms. The third kappa shape index (κ3) is 4.25. The van der Waals surface area contributed by atoms with Gasteiger partial charge in [-0.2, -0.15) is 5.10 Å². The fourth-order valence-corrected chi connectivity index (χ4v) is 3.02. The molecule has 0 aliphatic carbocycles. The van der Waals surface area contributed by atoms with Crippen molar-refractivity contribution in [3.05, 3.63) is 59.8 Å². The predicted molar refractivity (Wildman–Crippen MR) is 110 cm³/mol. The number of carbonyl (C=O) groups excluding carboxylic acids is 3. The van der Waals surface area contributed by atoms with E-state index >= 15 is 0 Å². The number of ether oxygens (including phenoxy) is 4. The number of hydrogen-bond donors (Lipinski definition) is 0. The van der Waals surface area contributed by atoms with Gasteiger partial charge >= 0.3 is 17.9 Å². The normalized spacial score (nSPS) is 10.3. The van der Waals surface area contributed by atoms with Gasteiger partial charge in [0, 0.05) is 12.5 Å². The molecule has 3 aromatic rings. The summed E-state index contributed by atoms with van der Waals surface area (Å²) in [6.07, 6.45) is 0. The van der Waals surface area contributed by atoms with E-state index in [0.29, 0.717) is 17.0 Å². The minimum atomic E-state index is -0.776. The van der Waals surface area contributed by atoms with Gasteiger partial charge in [-0.25, -0.2) is 14.3 Å². The Labute approximate surface area is 178 Å². The Bertz CT molecular complexity index is 1140. The Morgan fingerprint density at radius 1 is 0.871 bits per heavy atom. The molecule has 0 N–H and O–H groups in total. The van der Waals surface area contributed by atoms with E-state index < -0.39 is 17.9 Å². The molecule has 0 fully saturated rings. The van der Waals surface area contributed by atoms with Gasteiger partial charge in [-0.05, 0) is 30.3 Å². The zero-order chi connectivity index (χ0) is 22.5. The number of benzene rings is 2. The van der Waals surface area contributed by atoms with Crippen LogP contribution in [-0.4, -0.2) is 49.0 Å². The zero-order valence-corrected chi connectivity index (χ0v) is 17.4. The minimum Gasteiger partial charge on any atom is -0.493 e. The van der Waals surface area contributed by atoms with Crippen molar-refractivity contribution < 1.29 is 33.3 Å². The van der Waals surface area contributed by atoms with Crippen LogP contribution in [0, 0.1) is 0 Å². The van der Waals surface area contributed by atoms with E-state index in [9.17, 15) is 14.4 Å². The van der Waals surface area contributed by atoms with Crippen LogP contribution >= 0.6 is 0 Å². The summed E-state index contributed by atoms with van der Waals surface area (Å²) in [6.45, 7) is 1.26. The number of esters is 3. The summed E-state index contributed by atoms with van der Waals surface area (Å²) in [5.74, 6) is -1.64. The first kappa shape index (κ1) is 21.6. The van der Waals surface area contributed by atoms with Gasteiger partial charge in [-0.1, -0.05) is 18.2 Å². The molecule has 0 spiro atoms. The lowest BCUT2D eigenvalue weighted by Gasteiger charge is -2.10. The molecular formula is C22H20N2O7. The third-order valence-corrected chi connectivity index (χ3v) is 4.35. The quantitative estimate of drug-likeness (QED) is 0.439. The Morgan fingerprint density at radius 3 is 2.13 bits per heavy atom. The van der Waals surface area contributed by atoms with E-state index in [4.69, 9.17) is 18.9 Å². The number of nitrogens with zero attached hydrogens (tertiary/aromatic N) is 2. The number of carbonyl (C=O) groups is 3. The van der Waals surface area contributed by atoms with Gasteiger partial charge in [0.15, 0.2) is 17.2 Å². The van der Waals surface area contributed by atoms with Crippen molar-refractivity contribution in [2.75, 3.05) is 21.3 Å². The van der Waals surface area contributed by atoms with E-state index in [1.165, 1.54) is 39.0 Å². The summed E-state index contributed by atoms with van der Waals surface area (Å²) < 4.78 is 21.6. The number of hydrogen-bond acceptors (Lipinski definition) is 8. The highest BCUT2D eigenvalue weighted by atomic mass is 16.6. The average Bonchev–Trinajstić information content (AvgIpc) is 3.18. The molecule has 9 heteroatoms. The maximum absolute atomic E-state index is 12.7. The zero-order valence-electron chi connectivity index (χ0n) is 17.4. The van der Waals surface area contributed by atoms with Crippen molar-refractivity contribution in [3.63, 3.8) is 0 Å². The predicted octanol–water partition coefficient (Wildman–Crippen LogP) is 3.05. The highest BCUT2D eigenvalue weighted by Gasteiger charge is 2.31. The molecule has 1 aromatic heterocycles. The molecule has 0 atom stereocenters. The van der Waals surface area contributed by atoms with Gasteiger partial charge in [0.25, 0.3) is 0 Å². The van der Waals surface area contributed by atoms with Gasteiger partial charge < -0.3 is 18.9 Å². The van der Waals surface area contributed by atoms with Crippen molar-refractivity contribution in [1.29, 1.82) is 0 Å². The second-order valence-electron chi connectivity index (χ2n) is 6.26. The Balaban J connectivity index is 2.32. The summed E-state index contributed by atoms with van der Waals surface area (Å²) in [4.78, 5) is 36.8. The van der Waals surface area contributed by atoms with Crippen molar-refractivity contribution in [1.82, 2.24) is 9.78 Å². The van der Waals surface area contributed by atoms with Gasteiger partial charge in [-0.15, -0.1) is 0 Å². The van der Waals surface area contributed by atoms with Crippen LogP contribution in [-0.2, 0) is 14.3 Å².